The zero-order chi connectivity index (χ0) is 13.8. The molecule has 4 nitrogen and oxygen atoms in total. The summed E-state index contributed by atoms with van der Waals surface area (Å²) in [5, 5.41) is 0. The standard InChI is InChI=1S/C8H17N3O.C3H8.C2H6/c1-7-6-10(2)3-4-11(7)8(12)5-9;1-3-2;1-2/h7H,3-6,9H2,1-2H3;3H2,1-2H3;1-2H3. The number of likely N-dealkylation sites (N-methyl/N-ethyl adjacent to an activating group) is 1. The van der Waals surface area contributed by atoms with Gasteiger partial charge in [-0.1, -0.05) is 34.1 Å². The Morgan fingerprint density at radius 3 is 2.12 bits per heavy atom. The third kappa shape index (κ3) is 8.16. The van der Waals surface area contributed by atoms with Crippen molar-refractivity contribution in [3.8, 4) is 0 Å². The van der Waals surface area contributed by atoms with Gasteiger partial charge >= 0.3 is 0 Å². The fourth-order valence-electron chi connectivity index (χ4n) is 1.63. The smallest absolute Gasteiger partial charge is 0.236 e. The van der Waals surface area contributed by atoms with Gasteiger partial charge in [0.05, 0.1) is 6.54 Å². The number of carbonyl (C=O) groups excluding carboxylic acids is 1. The summed E-state index contributed by atoms with van der Waals surface area (Å²) in [4.78, 5) is 15.4. The largest absolute Gasteiger partial charge is 0.336 e. The van der Waals surface area contributed by atoms with Crippen LogP contribution in [0.3, 0.4) is 0 Å². The SMILES string of the molecule is CC.CC1CN(C)CCN1C(=O)CN.CCC. The van der Waals surface area contributed by atoms with Gasteiger partial charge in [0.15, 0.2) is 0 Å². The number of carbonyl (C=O) groups is 1. The van der Waals surface area contributed by atoms with Crippen molar-refractivity contribution in [2.24, 2.45) is 5.73 Å². The number of hydrogen-bond donors (Lipinski definition) is 1. The molecule has 1 atom stereocenters. The van der Waals surface area contributed by atoms with Gasteiger partial charge in [0.25, 0.3) is 0 Å². The molecule has 4 heteroatoms. The predicted octanol–water partition coefficient (Wildman–Crippen LogP) is 1.55. The lowest BCUT2D eigenvalue weighted by Crippen LogP contribution is -2.54. The minimum absolute atomic E-state index is 0.0654. The number of piperazine rings is 1. The molecule has 1 fully saturated rings. The lowest BCUT2D eigenvalue weighted by Gasteiger charge is -2.38. The predicted molar refractivity (Wildman–Crippen MR) is 75.0 cm³/mol. The van der Waals surface area contributed by atoms with Gasteiger partial charge in [0.1, 0.15) is 0 Å². The van der Waals surface area contributed by atoms with Crippen LogP contribution < -0.4 is 5.73 Å². The molecule has 0 radical (unpaired) electrons. The molecule has 0 aliphatic carbocycles. The average molecular weight is 245 g/mol. The van der Waals surface area contributed by atoms with Crippen molar-refractivity contribution < 1.29 is 4.79 Å². The Hall–Kier alpha value is -0.610. The number of nitrogens with zero attached hydrogens (tertiary/aromatic N) is 2. The molecule has 1 unspecified atom stereocenters. The second kappa shape index (κ2) is 11.9. The van der Waals surface area contributed by atoms with Crippen LogP contribution in [0, 0.1) is 0 Å². The van der Waals surface area contributed by atoms with Gasteiger partial charge in [-0.3, -0.25) is 4.79 Å². The van der Waals surface area contributed by atoms with E-state index in [9.17, 15) is 4.79 Å². The van der Waals surface area contributed by atoms with Gasteiger partial charge in [0, 0.05) is 25.7 Å². The first-order valence-electron chi connectivity index (χ1n) is 6.74. The van der Waals surface area contributed by atoms with Gasteiger partial charge < -0.3 is 15.5 Å². The van der Waals surface area contributed by atoms with Crippen molar-refractivity contribution in [1.82, 2.24) is 9.80 Å². The Bertz CT molecular complexity index is 186. The molecule has 0 bridgehead atoms. The summed E-state index contributed by atoms with van der Waals surface area (Å²) >= 11 is 0. The van der Waals surface area contributed by atoms with Crippen molar-refractivity contribution in [3.05, 3.63) is 0 Å². The molecule has 1 rings (SSSR count). The average Bonchev–Trinajstić information content (AvgIpc) is 2.32. The molecule has 0 aromatic rings. The van der Waals surface area contributed by atoms with Crippen LogP contribution in [0.25, 0.3) is 0 Å². The summed E-state index contributed by atoms with van der Waals surface area (Å²) in [6, 6.07) is 0.305. The molecular formula is C13H31N3O. The first-order chi connectivity index (χ1) is 8.06. The summed E-state index contributed by atoms with van der Waals surface area (Å²) < 4.78 is 0. The lowest BCUT2D eigenvalue weighted by atomic mass is 10.2. The number of amides is 1. The summed E-state index contributed by atoms with van der Waals surface area (Å²) in [7, 11) is 2.07. The highest BCUT2D eigenvalue weighted by Crippen LogP contribution is 2.06. The Balaban J connectivity index is 0. The van der Waals surface area contributed by atoms with E-state index in [0.717, 1.165) is 19.6 Å². The molecule has 1 amide bonds. The van der Waals surface area contributed by atoms with Crippen molar-refractivity contribution in [3.63, 3.8) is 0 Å². The Morgan fingerprint density at radius 2 is 1.76 bits per heavy atom. The number of nitrogens with two attached hydrogens (primary N) is 1. The van der Waals surface area contributed by atoms with Crippen LogP contribution in [0.4, 0.5) is 0 Å². The van der Waals surface area contributed by atoms with E-state index in [0.29, 0.717) is 6.04 Å². The van der Waals surface area contributed by atoms with Crippen molar-refractivity contribution in [2.45, 2.75) is 47.1 Å². The highest BCUT2D eigenvalue weighted by Gasteiger charge is 2.24. The highest BCUT2D eigenvalue weighted by atomic mass is 16.2. The lowest BCUT2D eigenvalue weighted by molar-refractivity contribution is -0.133. The van der Waals surface area contributed by atoms with Crippen molar-refractivity contribution >= 4 is 5.91 Å². The van der Waals surface area contributed by atoms with Crippen LogP contribution in [0.5, 0.6) is 0 Å². The monoisotopic (exact) mass is 245 g/mol. The summed E-state index contributed by atoms with van der Waals surface area (Å²) in [5.41, 5.74) is 5.29. The quantitative estimate of drug-likeness (QED) is 0.762. The summed E-state index contributed by atoms with van der Waals surface area (Å²) in [5.74, 6) is 0.0654. The molecule has 1 aliphatic rings. The van der Waals surface area contributed by atoms with Crippen molar-refractivity contribution in [1.29, 1.82) is 0 Å². The zero-order valence-electron chi connectivity index (χ0n) is 12.5. The van der Waals surface area contributed by atoms with Crippen LogP contribution in [-0.2, 0) is 4.79 Å². The molecule has 0 aromatic carbocycles. The van der Waals surface area contributed by atoms with Crippen molar-refractivity contribution in [2.75, 3.05) is 33.2 Å². The second-order valence-corrected chi connectivity index (χ2v) is 4.11. The second-order valence-electron chi connectivity index (χ2n) is 4.11. The van der Waals surface area contributed by atoms with Gasteiger partial charge in [-0.05, 0) is 14.0 Å². The maximum Gasteiger partial charge on any atom is 0.236 e. The van der Waals surface area contributed by atoms with E-state index in [-0.39, 0.29) is 12.5 Å². The topological polar surface area (TPSA) is 49.6 Å². The Morgan fingerprint density at radius 1 is 1.29 bits per heavy atom. The van der Waals surface area contributed by atoms with E-state index in [1.54, 1.807) is 0 Å². The number of hydrogen-bond acceptors (Lipinski definition) is 3. The van der Waals surface area contributed by atoms with E-state index < -0.39 is 0 Å². The number of rotatable bonds is 1. The van der Waals surface area contributed by atoms with Crippen LogP contribution >= 0.6 is 0 Å². The minimum atomic E-state index is 0.0654. The molecule has 1 heterocycles. The van der Waals surface area contributed by atoms with E-state index >= 15 is 0 Å². The first kappa shape index (κ1) is 18.7. The van der Waals surface area contributed by atoms with E-state index in [1.165, 1.54) is 6.42 Å². The summed E-state index contributed by atoms with van der Waals surface area (Å²) in [6.45, 7) is 13.2. The molecule has 0 spiro atoms. The van der Waals surface area contributed by atoms with Crippen LogP contribution in [0.1, 0.15) is 41.0 Å². The van der Waals surface area contributed by atoms with E-state index in [1.807, 2.05) is 18.7 Å². The van der Waals surface area contributed by atoms with Gasteiger partial charge in [-0.25, -0.2) is 0 Å². The fourth-order valence-corrected chi connectivity index (χ4v) is 1.63. The summed E-state index contributed by atoms with van der Waals surface area (Å²) in [6.07, 6.45) is 1.25. The molecule has 0 saturated carbocycles. The first-order valence-corrected chi connectivity index (χ1v) is 6.74. The molecule has 1 aliphatic heterocycles. The minimum Gasteiger partial charge on any atom is -0.336 e. The normalized spacial score (nSPS) is 19.7. The van der Waals surface area contributed by atoms with Crippen LogP contribution in [0.15, 0.2) is 0 Å². The van der Waals surface area contributed by atoms with Gasteiger partial charge in [0.2, 0.25) is 5.91 Å². The van der Waals surface area contributed by atoms with Gasteiger partial charge in [-0.2, -0.15) is 0 Å². The van der Waals surface area contributed by atoms with Crippen LogP contribution in [0.2, 0.25) is 0 Å². The maximum absolute atomic E-state index is 11.3. The van der Waals surface area contributed by atoms with E-state index in [2.05, 4.69) is 32.7 Å². The molecular weight excluding hydrogens is 214 g/mol. The fraction of sp³-hybridized carbons (Fsp3) is 0.923. The van der Waals surface area contributed by atoms with Crippen LogP contribution in [-0.4, -0.2) is 55.0 Å². The Kier molecular flexibility index (Phi) is 13.1. The molecule has 1 saturated heterocycles. The third-order valence-corrected chi connectivity index (χ3v) is 2.33. The molecule has 0 aromatic heterocycles. The highest BCUT2D eigenvalue weighted by molar-refractivity contribution is 5.78. The Labute approximate surface area is 107 Å². The maximum atomic E-state index is 11.3. The van der Waals surface area contributed by atoms with E-state index in [4.69, 9.17) is 5.73 Å². The van der Waals surface area contributed by atoms with Gasteiger partial charge in [-0.15, -0.1) is 0 Å². The molecule has 2 N–H and O–H groups in total. The zero-order valence-corrected chi connectivity index (χ0v) is 12.5. The molecule has 17 heavy (non-hydrogen) atoms. The molecule has 104 valence electrons. The third-order valence-electron chi connectivity index (χ3n) is 2.33.